The first-order chi connectivity index (χ1) is 18.8. The number of hydrogen-bond acceptors (Lipinski definition) is 4. The molecule has 2 aliphatic heterocycles. The summed E-state index contributed by atoms with van der Waals surface area (Å²) in [6, 6.07) is 15.3. The van der Waals surface area contributed by atoms with Crippen molar-refractivity contribution in [2.45, 2.75) is 74.9 Å². The van der Waals surface area contributed by atoms with Crippen molar-refractivity contribution in [3.8, 4) is 33.6 Å². The fraction of sp³-hybridized carbons (Fsp3) is 0.438. The van der Waals surface area contributed by atoms with Crippen LogP contribution < -0.4 is 10.6 Å². The van der Waals surface area contributed by atoms with E-state index in [0.29, 0.717) is 23.9 Å². The van der Waals surface area contributed by atoms with Crippen molar-refractivity contribution in [2.75, 3.05) is 6.54 Å². The maximum atomic E-state index is 4.78. The number of nitrogens with zero attached hydrogens (tertiary/aromatic N) is 2. The Bertz CT molecular complexity index is 1510. The molecule has 6 heteroatoms. The molecule has 4 aromatic rings. The van der Waals surface area contributed by atoms with E-state index in [1.165, 1.54) is 72.9 Å². The lowest BCUT2D eigenvalue weighted by molar-refractivity contribution is 0.543. The van der Waals surface area contributed by atoms with Gasteiger partial charge < -0.3 is 20.6 Å². The average Bonchev–Trinajstić information content (AvgIpc) is 3.71. The second-order valence-electron chi connectivity index (χ2n) is 12.3. The van der Waals surface area contributed by atoms with Gasteiger partial charge >= 0.3 is 0 Å². The third kappa shape index (κ3) is 3.33. The van der Waals surface area contributed by atoms with Gasteiger partial charge in [-0.05, 0) is 97.1 Å². The van der Waals surface area contributed by atoms with Crippen LogP contribution in [-0.2, 0) is 0 Å². The number of hydrogen-bond donors (Lipinski definition) is 4. The van der Waals surface area contributed by atoms with Crippen LogP contribution in [0.3, 0.4) is 0 Å². The van der Waals surface area contributed by atoms with Crippen LogP contribution in [-0.4, -0.2) is 32.5 Å². The zero-order chi connectivity index (χ0) is 24.8. The van der Waals surface area contributed by atoms with Crippen molar-refractivity contribution >= 4 is 0 Å². The van der Waals surface area contributed by atoms with E-state index in [9.17, 15) is 0 Å². The van der Waals surface area contributed by atoms with Gasteiger partial charge in [-0.3, -0.25) is 0 Å². The molecule has 4 N–H and O–H groups in total. The van der Waals surface area contributed by atoms with Crippen LogP contribution in [0.1, 0.15) is 91.6 Å². The molecule has 192 valence electrons. The van der Waals surface area contributed by atoms with Crippen molar-refractivity contribution in [3.05, 3.63) is 71.6 Å². The van der Waals surface area contributed by atoms with Crippen LogP contribution in [0.5, 0.6) is 0 Å². The standard InChI is InChI=1S/C32H34N6/c1-2-24(33-11-1)31-35-16-28(38-31)23-10-9-22(29-19-7-8-20(12-19)30(23)29)17-3-5-18(6-4-17)27-15-34-32(37-27)26-14-21-13-25(21)36-26/h3-6,9-10,15-16,19-21,24-26,33,36H,1-2,7-8,11-14H2,(H,34,37)(H,35,38)/t19?,20?,21?,24-,25?,26?/m0/s1. The molecule has 4 heterocycles. The number of nitrogens with one attached hydrogen (secondary N) is 4. The Hall–Kier alpha value is -3.22. The van der Waals surface area contributed by atoms with E-state index >= 15 is 0 Å². The van der Waals surface area contributed by atoms with Gasteiger partial charge in [0.05, 0.1) is 35.9 Å². The number of fused-ring (bicyclic) bond motifs is 6. The fourth-order valence-corrected chi connectivity index (χ4v) is 8.10. The second kappa shape index (κ2) is 8.14. The van der Waals surface area contributed by atoms with E-state index < -0.39 is 0 Å². The van der Waals surface area contributed by atoms with E-state index in [-0.39, 0.29) is 0 Å². The summed E-state index contributed by atoms with van der Waals surface area (Å²) >= 11 is 0. The minimum atomic E-state index is 0.372. The lowest BCUT2D eigenvalue weighted by atomic mass is 9.82. The quantitative estimate of drug-likeness (QED) is 0.256. The summed E-state index contributed by atoms with van der Waals surface area (Å²) in [5, 5.41) is 7.28. The number of rotatable bonds is 5. The molecule has 0 spiro atoms. The number of aromatic amines is 2. The molecule has 5 unspecified atom stereocenters. The zero-order valence-corrected chi connectivity index (χ0v) is 21.6. The molecule has 2 saturated carbocycles. The molecule has 4 fully saturated rings. The molecule has 5 aliphatic rings. The molecule has 9 rings (SSSR count). The van der Waals surface area contributed by atoms with Crippen LogP contribution in [0.15, 0.2) is 48.8 Å². The Morgan fingerprint density at radius 1 is 0.658 bits per heavy atom. The molecule has 6 atom stereocenters. The Balaban J connectivity index is 1.04. The van der Waals surface area contributed by atoms with Gasteiger partial charge in [-0.1, -0.05) is 36.4 Å². The molecule has 6 nitrogen and oxygen atoms in total. The molecule has 2 aromatic carbocycles. The molecule has 38 heavy (non-hydrogen) atoms. The molecule has 0 amide bonds. The highest BCUT2D eigenvalue weighted by Gasteiger charge is 2.46. The third-order valence-corrected chi connectivity index (χ3v) is 10.1. The number of benzene rings is 2. The predicted molar refractivity (Wildman–Crippen MR) is 149 cm³/mol. The van der Waals surface area contributed by atoms with Crippen molar-refractivity contribution < 1.29 is 0 Å². The van der Waals surface area contributed by atoms with Crippen molar-refractivity contribution in [2.24, 2.45) is 5.92 Å². The molecule has 2 saturated heterocycles. The lowest BCUT2D eigenvalue weighted by Crippen LogP contribution is -2.18. The van der Waals surface area contributed by atoms with Crippen LogP contribution in [0.2, 0.25) is 0 Å². The van der Waals surface area contributed by atoms with E-state index in [0.717, 1.165) is 35.8 Å². The van der Waals surface area contributed by atoms with Crippen molar-refractivity contribution in [1.82, 2.24) is 30.6 Å². The van der Waals surface area contributed by atoms with E-state index in [4.69, 9.17) is 9.97 Å². The first-order valence-electron chi connectivity index (χ1n) is 14.7. The normalized spacial score (nSPS) is 30.6. The van der Waals surface area contributed by atoms with Crippen LogP contribution in [0.25, 0.3) is 33.6 Å². The Morgan fingerprint density at radius 3 is 2.13 bits per heavy atom. The smallest absolute Gasteiger partial charge is 0.123 e. The second-order valence-corrected chi connectivity index (χ2v) is 12.3. The minimum absolute atomic E-state index is 0.372. The Labute approximate surface area is 223 Å². The third-order valence-electron chi connectivity index (χ3n) is 10.1. The summed E-state index contributed by atoms with van der Waals surface area (Å²) in [5.74, 6) is 4.42. The minimum Gasteiger partial charge on any atom is -0.341 e. The summed E-state index contributed by atoms with van der Waals surface area (Å²) in [5.41, 5.74) is 10.8. The van der Waals surface area contributed by atoms with Gasteiger partial charge in [0.2, 0.25) is 0 Å². The van der Waals surface area contributed by atoms with Gasteiger partial charge in [-0.2, -0.15) is 0 Å². The molecule has 0 radical (unpaired) electrons. The highest BCUT2D eigenvalue weighted by Crippen LogP contribution is 2.58. The first kappa shape index (κ1) is 21.7. The SMILES string of the molecule is c1cc(-c2ccc(-c3cnc([C@@H]4CCCN4)[nH]3)c3c2C2CCC3C2)ccc1-c1cnc(C2CC3CC3N2)[nH]1. The molecular weight excluding hydrogens is 468 g/mol. The lowest BCUT2D eigenvalue weighted by Gasteiger charge is -2.22. The summed E-state index contributed by atoms with van der Waals surface area (Å²) in [4.78, 5) is 16.8. The number of aromatic nitrogens is 4. The van der Waals surface area contributed by atoms with Crippen LogP contribution >= 0.6 is 0 Å². The summed E-state index contributed by atoms with van der Waals surface area (Å²) in [7, 11) is 0. The molecular formula is C32H34N6. The monoisotopic (exact) mass is 502 g/mol. The number of H-pyrrole nitrogens is 2. The van der Waals surface area contributed by atoms with Gasteiger partial charge in [0.1, 0.15) is 11.6 Å². The highest BCUT2D eigenvalue weighted by molar-refractivity contribution is 5.80. The van der Waals surface area contributed by atoms with Gasteiger partial charge in [-0.25, -0.2) is 9.97 Å². The first-order valence-corrected chi connectivity index (χ1v) is 14.7. The Kier molecular flexibility index (Phi) is 4.64. The molecule has 2 bridgehead atoms. The van der Waals surface area contributed by atoms with E-state index in [2.05, 4.69) is 63.2 Å². The van der Waals surface area contributed by atoms with Crippen molar-refractivity contribution in [1.29, 1.82) is 0 Å². The van der Waals surface area contributed by atoms with Crippen molar-refractivity contribution in [3.63, 3.8) is 0 Å². The summed E-state index contributed by atoms with van der Waals surface area (Å²) in [6.07, 6.45) is 13.0. The maximum Gasteiger partial charge on any atom is 0.123 e. The molecule has 2 aromatic heterocycles. The highest BCUT2D eigenvalue weighted by atomic mass is 15.1. The van der Waals surface area contributed by atoms with Crippen LogP contribution in [0.4, 0.5) is 0 Å². The largest absolute Gasteiger partial charge is 0.341 e. The number of imidazole rings is 2. The summed E-state index contributed by atoms with van der Waals surface area (Å²) < 4.78 is 0. The van der Waals surface area contributed by atoms with Gasteiger partial charge in [0, 0.05) is 11.6 Å². The predicted octanol–water partition coefficient (Wildman–Crippen LogP) is 6.35. The number of piperidine rings is 1. The topological polar surface area (TPSA) is 81.4 Å². The molecule has 3 aliphatic carbocycles. The van der Waals surface area contributed by atoms with Crippen LogP contribution in [0, 0.1) is 5.92 Å². The Morgan fingerprint density at radius 2 is 1.37 bits per heavy atom. The summed E-state index contributed by atoms with van der Waals surface area (Å²) in [6.45, 7) is 1.09. The van der Waals surface area contributed by atoms with E-state index in [1.807, 2.05) is 6.20 Å². The van der Waals surface area contributed by atoms with Gasteiger partial charge in [0.15, 0.2) is 0 Å². The van der Waals surface area contributed by atoms with E-state index in [1.54, 1.807) is 11.1 Å². The fourth-order valence-electron chi connectivity index (χ4n) is 8.10. The maximum absolute atomic E-state index is 4.78. The van der Waals surface area contributed by atoms with Gasteiger partial charge in [0.25, 0.3) is 0 Å². The average molecular weight is 503 g/mol. The zero-order valence-electron chi connectivity index (χ0n) is 21.6. The van der Waals surface area contributed by atoms with Gasteiger partial charge in [-0.15, -0.1) is 0 Å².